The Morgan fingerprint density at radius 2 is 2.10 bits per heavy atom. The second kappa shape index (κ2) is 5.61. The first kappa shape index (κ1) is 13.7. The Hall–Kier alpha value is -2.27. The molecule has 1 unspecified atom stereocenters. The fourth-order valence-corrected chi connectivity index (χ4v) is 2.28. The summed E-state index contributed by atoms with van der Waals surface area (Å²) in [6.07, 6.45) is 3.46. The lowest BCUT2D eigenvalue weighted by molar-refractivity contribution is 0.470. The third kappa shape index (κ3) is 2.78. The van der Waals surface area contributed by atoms with Crippen molar-refractivity contribution in [3.63, 3.8) is 0 Å². The number of nitrogens with one attached hydrogen (secondary N) is 1. The molecule has 0 aliphatic rings. The molecule has 21 heavy (non-hydrogen) atoms. The Bertz CT molecular complexity index is 752. The number of hydrogen-bond acceptors (Lipinski definition) is 4. The van der Waals surface area contributed by atoms with E-state index in [4.69, 9.17) is 4.42 Å². The highest BCUT2D eigenvalue weighted by molar-refractivity contribution is 5.78. The number of nitrogens with zero attached hydrogens (tertiary/aromatic N) is 2. The van der Waals surface area contributed by atoms with Gasteiger partial charge in [0.2, 0.25) is 0 Å². The molecular weight excluding hydrogens is 269 g/mol. The van der Waals surface area contributed by atoms with E-state index in [1.807, 2.05) is 19.9 Å². The molecule has 0 amide bonds. The van der Waals surface area contributed by atoms with Gasteiger partial charge in [-0.3, -0.25) is 9.97 Å². The number of halogens is 1. The van der Waals surface area contributed by atoms with Crippen LogP contribution in [-0.2, 0) is 0 Å². The molecule has 4 nitrogen and oxygen atoms in total. The van der Waals surface area contributed by atoms with Crippen LogP contribution >= 0.6 is 0 Å². The van der Waals surface area contributed by atoms with Gasteiger partial charge >= 0.3 is 0 Å². The minimum atomic E-state index is -0.273. The van der Waals surface area contributed by atoms with Gasteiger partial charge in [-0.25, -0.2) is 4.39 Å². The van der Waals surface area contributed by atoms with Gasteiger partial charge in [-0.1, -0.05) is 6.92 Å². The van der Waals surface area contributed by atoms with Crippen LogP contribution in [0.1, 0.15) is 30.1 Å². The quantitative estimate of drug-likeness (QED) is 0.798. The standard InChI is InChI=1S/C16H16FN3O/c1-3-18-16(13-9-19-10(2)8-20-13)15-7-11-6-12(17)4-5-14(11)21-15/h4-9,16,18H,3H2,1-2H3. The molecule has 0 aliphatic carbocycles. The number of aryl methyl sites for hydroxylation is 1. The van der Waals surface area contributed by atoms with Crippen molar-refractivity contribution >= 4 is 11.0 Å². The molecule has 0 radical (unpaired) electrons. The molecule has 0 saturated heterocycles. The zero-order valence-corrected chi connectivity index (χ0v) is 11.9. The molecule has 1 aromatic carbocycles. The molecule has 0 bridgehead atoms. The van der Waals surface area contributed by atoms with Crippen molar-refractivity contribution in [2.24, 2.45) is 0 Å². The molecule has 2 aromatic heterocycles. The number of hydrogen-bond donors (Lipinski definition) is 1. The first-order valence-corrected chi connectivity index (χ1v) is 6.88. The molecule has 3 aromatic rings. The van der Waals surface area contributed by atoms with Crippen LogP contribution in [0.5, 0.6) is 0 Å². The monoisotopic (exact) mass is 285 g/mol. The van der Waals surface area contributed by atoms with Crippen LogP contribution in [0.25, 0.3) is 11.0 Å². The summed E-state index contributed by atoms with van der Waals surface area (Å²) < 4.78 is 19.1. The van der Waals surface area contributed by atoms with E-state index in [0.717, 1.165) is 23.3 Å². The van der Waals surface area contributed by atoms with Crippen molar-refractivity contribution in [2.75, 3.05) is 6.54 Å². The third-order valence-corrected chi connectivity index (χ3v) is 3.29. The summed E-state index contributed by atoms with van der Waals surface area (Å²) in [5, 5.41) is 4.06. The van der Waals surface area contributed by atoms with Gasteiger partial charge in [-0.05, 0) is 37.7 Å². The van der Waals surface area contributed by atoms with Crippen LogP contribution < -0.4 is 5.32 Å². The molecule has 3 rings (SSSR count). The fraction of sp³-hybridized carbons (Fsp3) is 0.250. The highest BCUT2D eigenvalue weighted by Crippen LogP contribution is 2.27. The molecule has 0 fully saturated rings. The van der Waals surface area contributed by atoms with Crippen LogP contribution in [0.3, 0.4) is 0 Å². The van der Waals surface area contributed by atoms with Gasteiger partial charge in [0.1, 0.15) is 23.2 Å². The molecule has 0 spiro atoms. The number of aromatic nitrogens is 2. The lowest BCUT2D eigenvalue weighted by Gasteiger charge is -2.14. The van der Waals surface area contributed by atoms with Crippen molar-refractivity contribution in [3.8, 4) is 0 Å². The summed E-state index contributed by atoms with van der Waals surface area (Å²) in [5.41, 5.74) is 2.30. The highest BCUT2D eigenvalue weighted by Gasteiger charge is 2.19. The maximum absolute atomic E-state index is 13.3. The molecule has 0 saturated carbocycles. The average Bonchev–Trinajstić information content (AvgIpc) is 2.88. The molecule has 1 atom stereocenters. The lowest BCUT2D eigenvalue weighted by atomic mass is 10.1. The van der Waals surface area contributed by atoms with E-state index in [9.17, 15) is 4.39 Å². The molecule has 2 heterocycles. The number of benzene rings is 1. The summed E-state index contributed by atoms with van der Waals surface area (Å²) in [4.78, 5) is 8.67. The van der Waals surface area contributed by atoms with Crippen molar-refractivity contribution in [2.45, 2.75) is 19.9 Å². The third-order valence-electron chi connectivity index (χ3n) is 3.29. The Balaban J connectivity index is 2.04. The van der Waals surface area contributed by atoms with Crippen LogP contribution in [0.2, 0.25) is 0 Å². The molecular formula is C16H16FN3O. The van der Waals surface area contributed by atoms with Gasteiger partial charge in [0, 0.05) is 11.6 Å². The average molecular weight is 285 g/mol. The molecule has 5 heteroatoms. The summed E-state index contributed by atoms with van der Waals surface area (Å²) >= 11 is 0. The zero-order chi connectivity index (χ0) is 14.8. The van der Waals surface area contributed by atoms with Crippen LogP contribution in [-0.4, -0.2) is 16.5 Å². The van der Waals surface area contributed by atoms with E-state index in [0.29, 0.717) is 11.3 Å². The Kier molecular flexibility index (Phi) is 3.66. The predicted molar refractivity (Wildman–Crippen MR) is 78.5 cm³/mol. The Labute approximate surface area is 122 Å². The van der Waals surface area contributed by atoms with Crippen molar-refractivity contribution in [1.29, 1.82) is 0 Å². The van der Waals surface area contributed by atoms with Gasteiger partial charge in [0.05, 0.1) is 17.6 Å². The number of furan rings is 1. The Morgan fingerprint density at radius 1 is 1.24 bits per heavy atom. The van der Waals surface area contributed by atoms with Gasteiger partial charge < -0.3 is 9.73 Å². The van der Waals surface area contributed by atoms with Crippen LogP contribution in [0.4, 0.5) is 4.39 Å². The fourth-order valence-electron chi connectivity index (χ4n) is 2.28. The van der Waals surface area contributed by atoms with E-state index in [1.165, 1.54) is 12.1 Å². The van der Waals surface area contributed by atoms with Gasteiger partial charge in [-0.2, -0.15) is 0 Å². The van der Waals surface area contributed by atoms with Crippen molar-refractivity contribution in [1.82, 2.24) is 15.3 Å². The predicted octanol–water partition coefficient (Wildman–Crippen LogP) is 3.37. The number of fused-ring (bicyclic) bond motifs is 1. The van der Waals surface area contributed by atoms with Gasteiger partial charge in [-0.15, -0.1) is 0 Å². The first-order chi connectivity index (χ1) is 10.2. The molecule has 108 valence electrons. The largest absolute Gasteiger partial charge is 0.459 e. The second-order valence-electron chi connectivity index (χ2n) is 4.90. The zero-order valence-electron chi connectivity index (χ0n) is 11.9. The first-order valence-electron chi connectivity index (χ1n) is 6.88. The molecule has 0 aliphatic heterocycles. The summed E-state index contributed by atoms with van der Waals surface area (Å²) in [6.45, 7) is 4.66. The Morgan fingerprint density at radius 3 is 2.81 bits per heavy atom. The minimum absolute atomic E-state index is 0.196. The van der Waals surface area contributed by atoms with Crippen LogP contribution in [0.15, 0.2) is 41.1 Å². The summed E-state index contributed by atoms with van der Waals surface area (Å²) in [7, 11) is 0. The SMILES string of the molecule is CCNC(c1cnc(C)cn1)c1cc2cc(F)ccc2o1. The molecule has 1 N–H and O–H groups in total. The van der Waals surface area contributed by atoms with E-state index >= 15 is 0 Å². The maximum atomic E-state index is 13.3. The van der Waals surface area contributed by atoms with Crippen LogP contribution in [0, 0.1) is 12.7 Å². The summed E-state index contributed by atoms with van der Waals surface area (Å²) in [5.74, 6) is 0.431. The van der Waals surface area contributed by atoms with Gasteiger partial charge in [0.15, 0.2) is 0 Å². The van der Waals surface area contributed by atoms with E-state index in [-0.39, 0.29) is 11.9 Å². The van der Waals surface area contributed by atoms with E-state index < -0.39 is 0 Å². The number of rotatable bonds is 4. The second-order valence-corrected chi connectivity index (χ2v) is 4.90. The summed E-state index contributed by atoms with van der Waals surface area (Å²) in [6, 6.07) is 6.14. The highest BCUT2D eigenvalue weighted by atomic mass is 19.1. The van der Waals surface area contributed by atoms with Gasteiger partial charge in [0.25, 0.3) is 0 Å². The topological polar surface area (TPSA) is 51.0 Å². The minimum Gasteiger partial charge on any atom is -0.459 e. The van der Waals surface area contributed by atoms with E-state index in [1.54, 1.807) is 18.5 Å². The van der Waals surface area contributed by atoms with E-state index in [2.05, 4.69) is 15.3 Å². The normalized spacial score (nSPS) is 12.7. The smallest absolute Gasteiger partial charge is 0.134 e. The van der Waals surface area contributed by atoms with Crippen molar-refractivity contribution in [3.05, 3.63) is 59.6 Å². The maximum Gasteiger partial charge on any atom is 0.134 e. The lowest BCUT2D eigenvalue weighted by Crippen LogP contribution is -2.22. The van der Waals surface area contributed by atoms with Crippen molar-refractivity contribution < 1.29 is 8.81 Å².